The molecule has 5 heteroatoms. The molecule has 0 aliphatic carbocycles. The van der Waals surface area contributed by atoms with Gasteiger partial charge in [0.05, 0.1) is 6.26 Å². The lowest BCUT2D eigenvalue weighted by Gasteiger charge is -2.07. The summed E-state index contributed by atoms with van der Waals surface area (Å²) in [4.78, 5) is 11.4. The van der Waals surface area contributed by atoms with E-state index >= 15 is 0 Å². The molecule has 1 aromatic rings. The first-order valence-electron chi connectivity index (χ1n) is 4.98. The molecule has 1 aromatic heterocycles. The molecular weight excluding hydrogens is 208 g/mol. The van der Waals surface area contributed by atoms with E-state index in [0.717, 1.165) is 0 Å². The molecule has 0 saturated carbocycles. The van der Waals surface area contributed by atoms with Crippen molar-refractivity contribution in [2.45, 2.75) is 25.6 Å². The zero-order valence-corrected chi connectivity index (χ0v) is 9.13. The van der Waals surface area contributed by atoms with Gasteiger partial charge in [-0.25, -0.2) is 0 Å². The maximum Gasteiger partial charge on any atom is 0.327 e. The lowest BCUT2D eigenvalue weighted by atomic mass is 10.2. The monoisotopic (exact) mass is 224 g/mol. The van der Waals surface area contributed by atoms with Gasteiger partial charge in [-0.15, -0.1) is 0 Å². The minimum absolute atomic E-state index is 0.0888. The van der Waals surface area contributed by atoms with Crippen molar-refractivity contribution in [3.05, 3.63) is 36.3 Å². The summed E-state index contributed by atoms with van der Waals surface area (Å²) in [6.07, 6.45) is 4.69. The number of rotatable bonds is 5. The van der Waals surface area contributed by atoms with Crippen LogP contribution in [0.4, 0.5) is 0 Å². The first-order chi connectivity index (χ1) is 7.59. The standard InChI is InChI=1S/C11H16N2O3/c1-8(12)4-5-10(13)11(14)16-7-9-3-2-6-15-9/h2-6,8,10H,7,12-13H2,1H3/b5-4-. The molecule has 0 radical (unpaired) electrons. The number of hydrogen-bond acceptors (Lipinski definition) is 5. The number of carbonyl (C=O) groups is 1. The molecule has 16 heavy (non-hydrogen) atoms. The highest BCUT2D eigenvalue weighted by Crippen LogP contribution is 2.02. The minimum Gasteiger partial charge on any atom is -0.466 e. The van der Waals surface area contributed by atoms with Gasteiger partial charge < -0.3 is 20.6 Å². The molecule has 2 unspecified atom stereocenters. The summed E-state index contributed by atoms with van der Waals surface area (Å²) >= 11 is 0. The Kier molecular flexibility index (Phi) is 4.75. The highest BCUT2D eigenvalue weighted by molar-refractivity contribution is 5.77. The molecule has 0 bridgehead atoms. The predicted octanol–water partition coefficient (Wildman–Crippen LogP) is 0.554. The van der Waals surface area contributed by atoms with Crippen LogP contribution in [0.2, 0.25) is 0 Å². The molecule has 0 aliphatic rings. The van der Waals surface area contributed by atoms with Crippen molar-refractivity contribution < 1.29 is 13.9 Å². The van der Waals surface area contributed by atoms with Crippen molar-refractivity contribution in [1.29, 1.82) is 0 Å². The van der Waals surface area contributed by atoms with E-state index in [1.54, 1.807) is 25.1 Å². The summed E-state index contributed by atoms with van der Waals surface area (Å²) in [7, 11) is 0. The van der Waals surface area contributed by atoms with Crippen LogP contribution >= 0.6 is 0 Å². The third-order valence-electron chi connectivity index (χ3n) is 1.83. The van der Waals surface area contributed by atoms with Crippen LogP contribution in [-0.2, 0) is 16.1 Å². The van der Waals surface area contributed by atoms with Crippen LogP contribution < -0.4 is 11.5 Å². The average molecular weight is 224 g/mol. The lowest BCUT2D eigenvalue weighted by molar-refractivity contribution is -0.145. The van der Waals surface area contributed by atoms with Gasteiger partial charge in [0.15, 0.2) is 0 Å². The fourth-order valence-electron chi connectivity index (χ4n) is 1.01. The molecule has 0 aromatic carbocycles. The maximum atomic E-state index is 11.4. The molecule has 1 rings (SSSR count). The SMILES string of the molecule is CC(N)/C=C\C(N)C(=O)OCc1ccco1. The first-order valence-corrected chi connectivity index (χ1v) is 4.98. The third kappa shape index (κ3) is 4.29. The lowest BCUT2D eigenvalue weighted by Crippen LogP contribution is -2.30. The van der Waals surface area contributed by atoms with Crippen LogP contribution in [0.3, 0.4) is 0 Å². The van der Waals surface area contributed by atoms with Crippen LogP contribution in [0.5, 0.6) is 0 Å². The van der Waals surface area contributed by atoms with E-state index in [0.29, 0.717) is 5.76 Å². The average Bonchev–Trinajstić information content (AvgIpc) is 2.75. The van der Waals surface area contributed by atoms with E-state index in [4.69, 9.17) is 20.6 Å². The van der Waals surface area contributed by atoms with Crippen molar-refractivity contribution >= 4 is 5.97 Å². The summed E-state index contributed by atoms with van der Waals surface area (Å²) in [5.74, 6) is 0.0741. The van der Waals surface area contributed by atoms with E-state index in [1.807, 2.05) is 0 Å². The molecule has 0 saturated heterocycles. The Morgan fingerprint density at radius 2 is 2.31 bits per heavy atom. The van der Waals surface area contributed by atoms with E-state index in [2.05, 4.69) is 0 Å². The Morgan fingerprint density at radius 3 is 2.88 bits per heavy atom. The first kappa shape index (κ1) is 12.5. The molecular formula is C11H16N2O3. The Morgan fingerprint density at radius 1 is 1.56 bits per heavy atom. The second-order valence-electron chi connectivity index (χ2n) is 3.46. The van der Waals surface area contributed by atoms with Gasteiger partial charge >= 0.3 is 5.97 Å². The number of esters is 1. The van der Waals surface area contributed by atoms with Crippen LogP contribution in [0, 0.1) is 0 Å². The van der Waals surface area contributed by atoms with Crippen LogP contribution in [-0.4, -0.2) is 18.1 Å². The zero-order valence-electron chi connectivity index (χ0n) is 9.13. The van der Waals surface area contributed by atoms with E-state index in [-0.39, 0.29) is 12.6 Å². The molecule has 2 atom stereocenters. The smallest absolute Gasteiger partial charge is 0.327 e. The van der Waals surface area contributed by atoms with Gasteiger partial charge in [0.25, 0.3) is 0 Å². The van der Waals surface area contributed by atoms with Crippen LogP contribution in [0.25, 0.3) is 0 Å². The molecule has 88 valence electrons. The topological polar surface area (TPSA) is 91.5 Å². The fourth-order valence-corrected chi connectivity index (χ4v) is 1.01. The van der Waals surface area contributed by atoms with Crippen molar-refractivity contribution in [2.75, 3.05) is 0 Å². The summed E-state index contributed by atoms with van der Waals surface area (Å²) in [5.41, 5.74) is 11.0. The quantitative estimate of drug-likeness (QED) is 0.563. The van der Waals surface area contributed by atoms with Gasteiger partial charge in [-0.1, -0.05) is 12.2 Å². The number of nitrogens with two attached hydrogens (primary N) is 2. The van der Waals surface area contributed by atoms with Crippen molar-refractivity contribution in [1.82, 2.24) is 0 Å². The summed E-state index contributed by atoms with van der Waals surface area (Å²) in [6.45, 7) is 1.88. The van der Waals surface area contributed by atoms with Gasteiger partial charge in [-0.05, 0) is 19.1 Å². The largest absolute Gasteiger partial charge is 0.466 e. The van der Waals surface area contributed by atoms with E-state index in [1.165, 1.54) is 12.3 Å². The highest BCUT2D eigenvalue weighted by atomic mass is 16.5. The van der Waals surface area contributed by atoms with Crippen LogP contribution in [0.1, 0.15) is 12.7 Å². The second-order valence-corrected chi connectivity index (χ2v) is 3.46. The molecule has 0 amide bonds. The minimum atomic E-state index is -0.791. The number of carbonyl (C=O) groups excluding carboxylic acids is 1. The van der Waals surface area contributed by atoms with Gasteiger partial charge in [0.1, 0.15) is 18.4 Å². The fraction of sp³-hybridized carbons (Fsp3) is 0.364. The number of furan rings is 1. The van der Waals surface area contributed by atoms with E-state index < -0.39 is 12.0 Å². The zero-order chi connectivity index (χ0) is 12.0. The van der Waals surface area contributed by atoms with Crippen molar-refractivity contribution in [2.24, 2.45) is 11.5 Å². The summed E-state index contributed by atoms with van der Waals surface area (Å²) < 4.78 is 9.94. The van der Waals surface area contributed by atoms with Gasteiger partial charge in [0.2, 0.25) is 0 Å². The van der Waals surface area contributed by atoms with Gasteiger partial charge in [0, 0.05) is 6.04 Å². The second kappa shape index (κ2) is 6.09. The molecule has 1 heterocycles. The molecule has 0 fully saturated rings. The summed E-state index contributed by atoms with van der Waals surface area (Å²) in [6, 6.07) is 2.51. The Hall–Kier alpha value is -1.59. The Balaban J connectivity index is 2.34. The number of hydrogen-bond donors (Lipinski definition) is 2. The van der Waals surface area contributed by atoms with Crippen molar-refractivity contribution in [3.8, 4) is 0 Å². The summed E-state index contributed by atoms with van der Waals surface area (Å²) in [5, 5.41) is 0. The molecule has 0 spiro atoms. The maximum absolute atomic E-state index is 11.4. The number of ether oxygens (including phenoxy) is 1. The van der Waals surface area contributed by atoms with E-state index in [9.17, 15) is 4.79 Å². The molecule has 0 aliphatic heterocycles. The third-order valence-corrected chi connectivity index (χ3v) is 1.83. The Bertz CT molecular complexity index is 344. The Labute approximate surface area is 94.0 Å². The van der Waals surface area contributed by atoms with Gasteiger partial charge in [-0.3, -0.25) is 4.79 Å². The van der Waals surface area contributed by atoms with Crippen LogP contribution in [0.15, 0.2) is 35.0 Å². The molecule has 5 nitrogen and oxygen atoms in total. The normalized spacial score (nSPS) is 14.9. The molecule has 4 N–H and O–H groups in total. The highest BCUT2D eigenvalue weighted by Gasteiger charge is 2.12. The predicted molar refractivity (Wildman–Crippen MR) is 59.3 cm³/mol. The van der Waals surface area contributed by atoms with Crippen molar-refractivity contribution in [3.63, 3.8) is 0 Å². The van der Waals surface area contributed by atoms with Gasteiger partial charge in [-0.2, -0.15) is 0 Å².